The fourth-order valence-electron chi connectivity index (χ4n) is 1.26. The lowest BCUT2D eigenvalue weighted by molar-refractivity contribution is 0.788. The van der Waals surface area contributed by atoms with Crippen molar-refractivity contribution in [2.24, 2.45) is 0 Å². The Hall–Kier alpha value is -1.05. The highest BCUT2D eigenvalue weighted by Crippen LogP contribution is 2.17. The van der Waals surface area contributed by atoms with Crippen LogP contribution in [0.2, 0.25) is 0 Å². The van der Waals surface area contributed by atoms with Gasteiger partial charge in [-0.05, 0) is 42.9 Å². The van der Waals surface area contributed by atoms with E-state index in [-0.39, 0.29) is 15.8 Å². The number of halogens is 1. The van der Waals surface area contributed by atoms with E-state index in [4.69, 9.17) is 11.6 Å². The van der Waals surface area contributed by atoms with E-state index in [1.54, 1.807) is 0 Å². The Bertz CT molecular complexity index is 374. The molecule has 2 heteroatoms. The van der Waals surface area contributed by atoms with Crippen molar-refractivity contribution in [1.29, 1.82) is 0 Å². The normalized spacial score (nSPS) is 9.78. The highest BCUT2D eigenvalue weighted by Gasteiger charge is 1.99. The second kappa shape index (κ2) is 8.12. The van der Waals surface area contributed by atoms with E-state index in [2.05, 4.69) is 48.5 Å². The predicted octanol–water partition coefficient (Wildman–Crippen LogP) is 3.93. The third-order valence-corrected chi connectivity index (χ3v) is 1.88. The standard InChI is InChI=1S/C12H10.C4H9Cl.H4Si/c1-3-7-11(8-4-1)12-9-5-2-6-10-12;1-4(2,3)5;/h1-10H;1-3H3;1H4. The molecule has 98 valence electrons. The monoisotopic (exact) mass is 278 g/mol. The average molecular weight is 279 g/mol. The van der Waals surface area contributed by atoms with Crippen molar-refractivity contribution in [3.63, 3.8) is 0 Å². The van der Waals surface area contributed by atoms with Gasteiger partial charge in [-0.3, -0.25) is 0 Å². The van der Waals surface area contributed by atoms with E-state index >= 15 is 0 Å². The van der Waals surface area contributed by atoms with E-state index in [1.165, 1.54) is 11.1 Å². The number of benzene rings is 2. The molecule has 0 fully saturated rings. The van der Waals surface area contributed by atoms with Crippen LogP contribution in [0.3, 0.4) is 0 Å². The Morgan fingerprint density at radius 1 is 0.667 bits per heavy atom. The van der Waals surface area contributed by atoms with E-state index in [9.17, 15) is 0 Å². The Balaban J connectivity index is 0.000000421. The molecular formula is C16H23ClSi. The zero-order valence-electron chi connectivity index (χ0n) is 10.7. The van der Waals surface area contributed by atoms with E-state index in [1.807, 2.05) is 32.9 Å². The van der Waals surface area contributed by atoms with Gasteiger partial charge in [0.05, 0.1) is 0 Å². The van der Waals surface area contributed by atoms with Gasteiger partial charge in [0.15, 0.2) is 0 Å². The summed E-state index contributed by atoms with van der Waals surface area (Å²) in [7, 11) is 0. The van der Waals surface area contributed by atoms with Crippen LogP contribution in [0, 0.1) is 0 Å². The highest BCUT2D eigenvalue weighted by molar-refractivity contribution is 6.23. The van der Waals surface area contributed by atoms with Gasteiger partial charge in [-0.15, -0.1) is 11.6 Å². The van der Waals surface area contributed by atoms with E-state index in [0.29, 0.717) is 0 Å². The van der Waals surface area contributed by atoms with Gasteiger partial charge in [0.25, 0.3) is 0 Å². The molecule has 0 aliphatic heterocycles. The molecule has 2 aromatic rings. The SMILES string of the molecule is CC(C)(C)Cl.[SiH4].c1ccc(-c2ccccc2)cc1. The fourth-order valence-corrected chi connectivity index (χ4v) is 1.26. The third kappa shape index (κ3) is 8.10. The molecule has 0 aliphatic rings. The minimum atomic E-state index is -0.0278. The summed E-state index contributed by atoms with van der Waals surface area (Å²) in [6.45, 7) is 5.86. The Morgan fingerprint density at radius 3 is 1.11 bits per heavy atom. The molecule has 0 aliphatic carbocycles. The summed E-state index contributed by atoms with van der Waals surface area (Å²) in [5.74, 6) is 0. The maximum absolute atomic E-state index is 5.53. The van der Waals surface area contributed by atoms with Gasteiger partial charge in [0, 0.05) is 4.87 Å². The van der Waals surface area contributed by atoms with Crippen LogP contribution in [-0.4, -0.2) is 15.8 Å². The van der Waals surface area contributed by atoms with Crippen LogP contribution in [0.5, 0.6) is 0 Å². The summed E-state index contributed by atoms with van der Waals surface area (Å²) in [5, 5.41) is 0. The van der Waals surface area contributed by atoms with Crippen molar-refractivity contribution in [3.05, 3.63) is 60.7 Å². The van der Waals surface area contributed by atoms with E-state index < -0.39 is 0 Å². The quantitative estimate of drug-likeness (QED) is 0.548. The highest BCUT2D eigenvalue weighted by atomic mass is 35.5. The molecule has 0 N–H and O–H groups in total. The molecule has 0 atom stereocenters. The van der Waals surface area contributed by atoms with Crippen molar-refractivity contribution < 1.29 is 0 Å². The number of alkyl halides is 1. The summed E-state index contributed by atoms with van der Waals surface area (Å²) in [6.07, 6.45) is 0. The molecular weight excluding hydrogens is 256 g/mol. The minimum Gasteiger partial charge on any atom is -0.120 e. The topological polar surface area (TPSA) is 0 Å². The summed E-state index contributed by atoms with van der Waals surface area (Å²) in [6, 6.07) is 20.8. The van der Waals surface area contributed by atoms with Crippen LogP contribution >= 0.6 is 11.6 Å². The van der Waals surface area contributed by atoms with Gasteiger partial charge in [0.2, 0.25) is 0 Å². The van der Waals surface area contributed by atoms with Gasteiger partial charge in [-0.25, -0.2) is 0 Å². The maximum Gasteiger partial charge on any atom is 0.0362 e. The van der Waals surface area contributed by atoms with Crippen molar-refractivity contribution in [3.8, 4) is 11.1 Å². The van der Waals surface area contributed by atoms with Crippen LogP contribution in [0.25, 0.3) is 11.1 Å². The van der Waals surface area contributed by atoms with Crippen molar-refractivity contribution in [2.45, 2.75) is 25.6 Å². The molecule has 0 unspecified atom stereocenters. The lowest BCUT2D eigenvalue weighted by Gasteiger charge is -2.01. The summed E-state index contributed by atoms with van der Waals surface area (Å²) in [5.41, 5.74) is 2.55. The molecule has 0 amide bonds. The third-order valence-electron chi connectivity index (χ3n) is 1.88. The van der Waals surface area contributed by atoms with Gasteiger partial charge < -0.3 is 0 Å². The first-order valence-corrected chi connectivity index (χ1v) is 6.14. The summed E-state index contributed by atoms with van der Waals surface area (Å²) >= 11 is 5.53. The lowest BCUT2D eigenvalue weighted by Crippen LogP contribution is -1.99. The first-order chi connectivity index (χ1) is 7.97. The largest absolute Gasteiger partial charge is 0.120 e. The molecule has 2 rings (SSSR count). The summed E-state index contributed by atoms with van der Waals surface area (Å²) < 4.78 is 0. The predicted molar refractivity (Wildman–Crippen MR) is 88.8 cm³/mol. The van der Waals surface area contributed by atoms with Crippen LogP contribution in [0.15, 0.2) is 60.7 Å². The number of hydrogen-bond donors (Lipinski definition) is 0. The van der Waals surface area contributed by atoms with Gasteiger partial charge in [-0.1, -0.05) is 60.7 Å². The van der Waals surface area contributed by atoms with Crippen LogP contribution in [0.1, 0.15) is 20.8 Å². The number of rotatable bonds is 1. The van der Waals surface area contributed by atoms with Crippen molar-refractivity contribution >= 4 is 22.6 Å². The molecule has 0 heterocycles. The molecule has 18 heavy (non-hydrogen) atoms. The average Bonchev–Trinajstić information content (AvgIpc) is 2.29. The first-order valence-electron chi connectivity index (χ1n) is 5.76. The Kier molecular flexibility index (Phi) is 7.64. The molecule has 0 radical (unpaired) electrons. The molecule has 0 aromatic heterocycles. The molecule has 0 bridgehead atoms. The summed E-state index contributed by atoms with van der Waals surface area (Å²) in [4.78, 5) is -0.0278. The van der Waals surface area contributed by atoms with Crippen LogP contribution in [0.4, 0.5) is 0 Å². The van der Waals surface area contributed by atoms with Crippen molar-refractivity contribution in [1.82, 2.24) is 0 Å². The van der Waals surface area contributed by atoms with Crippen LogP contribution < -0.4 is 0 Å². The lowest BCUT2D eigenvalue weighted by atomic mass is 10.1. The van der Waals surface area contributed by atoms with Crippen molar-refractivity contribution in [2.75, 3.05) is 0 Å². The minimum absolute atomic E-state index is 0. The first kappa shape index (κ1) is 16.9. The molecule has 2 aromatic carbocycles. The van der Waals surface area contributed by atoms with Gasteiger partial charge >= 0.3 is 0 Å². The van der Waals surface area contributed by atoms with Gasteiger partial charge in [0.1, 0.15) is 0 Å². The second-order valence-corrected chi connectivity index (χ2v) is 5.93. The fraction of sp³-hybridized carbons (Fsp3) is 0.250. The zero-order chi connectivity index (χ0) is 12.7. The smallest absolute Gasteiger partial charge is 0.0362 e. The number of hydrogen-bond acceptors (Lipinski definition) is 0. The van der Waals surface area contributed by atoms with E-state index in [0.717, 1.165) is 0 Å². The molecule has 0 saturated carbocycles. The molecule has 0 nitrogen and oxygen atoms in total. The zero-order valence-corrected chi connectivity index (χ0v) is 11.4. The molecule has 0 spiro atoms. The molecule has 0 saturated heterocycles. The Labute approximate surface area is 120 Å². The second-order valence-electron chi connectivity index (χ2n) is 4.80. The maximum atomic E-state index is 5.53. The Morgan fingerprint density at radius 2 is 0.889 bits per heavy atom. The van der Waals surface area contributed by atoms with Gasteiger partial charge in [-0.2, -0.15) is 0 Å². The van der Waals surface area contributed by atoms with Crippen LogP contribution in [-0.2, 0) is 0 Å².